The first kappa shape index (κ1) is 13.3. The Morgan fingerprint density at radius 2 is 2.05 bits per heavy atom. The molecule has 0 aliphatic carbocycles. The van der Waals surface area contributed by atoms with Crippen LogP contribution in [-0.4, -0.2) is 25.6 Å². The fourth-order valence-corrected chi connectivity index (χ4v) is 2.05. The molecule has 6 nitrogen and oxygen atoms in total. The van der Waals surface area contributed by atoms with Crippen molar-refractivity contribution in [1.29, 1.82) is 0 Å². The fourth-order valence-electron chi connectivity index (χ4n) is 2.05. The molecule has 6 heteroatoms. The van der Waals surface area contributed by atoms with Crippen molar-refractivity contribution in [2.75, 3.05) is 5.32 Å². The Hall–Kier alpha value is -2.73. The Balaban J connectivity index is 1.83. The Kier molecular flexibility index (Phi) is 3.37. The van der Waals surface area contributed by atoms with E-state index in [2.05, 4.69) is 15.4 Å². The van der Waals surface area contributed by atoms with E-state index in [0.717, 1.165) is 5.56 Å². The number of fused-ring (bicyclic) bond motifs is 1. The standard InChI is InChI=1S/C15H14N4O2/c1-10(20)11-2-4-12(5-3-11)18-15(21)13-8-17-19-7-6-16-9-14(13)19/h2-10,20H,1H3,(H,18,21). The molecule has 3 rings (SSSR count). The fraction of sp³-hybridized carbons (Fsp3) is 0.133. The highest BCUT2D eigenvalue weighted by Crippen LogP contribution is 2.17. The summed E-state index contributed by atoms with van der Waals surface area (Å²) in [5.41, 5.74) is 2.57. The Morgan fingerprint density at radius 1 is 1.29 bits per heavy atom. The van der Waals surface area contributed by atoms with E-state index in [1.165, 1.54) is 6.20 Å². The van der Waals surface area contributed by atoms with Gasteiger partial charge < -0.3 is 10.4 Å². The number of carbonyl (C=O) groups is 1. The zero-order chi connectivity index (χ0) is 14.8. The van der Waals surface area contributed by atoms with Crippen LogP contribution in [0.15, 0.2) is 49.1 Å². The second-order valence-corrected chi connectivity index (χ2v) is 4.72. The number of hydrogen-bond acceptors (Lipinski definition) is 4. The summed E-state index contributed by atoms with van der Waals surface area (Å²) in [6.07, 6.45) is 5.87. The quantitative estimate of drug-likeness (QED) is 0.770. The molecule has 2 aromatic heterocycles. The smallest absolute Gasteiger partial charge is 0.259 e. The summed E-state index contributed by atoms with van der Waals surface area (Å²) < 4.78 is 1.60. The Morgan fingerprint density at radius 3 is 2.76 bits per heavy atom. The number of aliphatic hydroxyl groups is 1. The lowest BCUT2D eigenvalue weighted by molar-refractivity contribution is 0.102. The number of aromatic nitrogens is 3. The highest BCUT2D eigenvalue weighted by atomic mass is 16.3. The maximum Gasteiger partial charge on any atom is 0.259 e. The molecule has 3 aromatic rings. The number of nitrogens with one attached hydrogen (secondary N) is 1. The number of benzene rings is 1. The Bertz CT molecular complexity index is 778. The first-order chi connectivity index (χ1) is 10.1. The number of aliphatic hydroxyl groups excluding tert-OH is 1. The molecule has 2 N–H and O–H groups in total. The SMILES string of the molecule is CC(O)c1ccc(NC(=O)c2cnn3ccncc23)cc1. The molecule has 1 amide bonds. The van der Waals surface area contributed by atoms with Gasteiger partial charge in [0.25, 0.3) is 5.91 Å². The maximum absolute atomic E-state index is 12.3. The molecular formula is C15H14N4O2. The second kappa shape index (κ2) is 5.34. The minimum absolute atomic E-state index is 0.247. The summed E-state index contributed by atoms with van der Waals surface area (Å²) >= 11 is 0. The van der Waals surface area contributed by atoms with Crippen molar-refractivity contribution in [3.05, 3.63) is 60.2 Å². The van der Waals surface area contributed by atoms with E-state index in [1.807, 2.05) is 0 Å². The molecule has 1 unspecified atom stereocenters. The Labute approximate surface area is 121 Å². The van der Waals surface area contributed by atoms with E-state index in [0.29, 0.717) is 16.8 Å². The third-order valence-electron chi connectivity index (χ3n) is 3.22. The van der Waals surface area contributed by atoms with Crippen LogP contribution < -0.4 is 5.32 Å². The van der Waals surface area contributed by atoms with Crippen LogP contribution in [0.4, 0.5) is 5.69 Å². The van der Waals surface area contributed by atoms with Crippen molar-refractivity contribution in [3.8, 4) is 0 Å². The van der Waals surface area contributed by atoms with Gasteiger partial charge in [-0.05, 0) is 24.6 Å². The molecule has 106 valence electrons. The number of carbonyl (C=O) groups excluding carboxylic acids is 1. The number of anilines is 1. The lowest BCUT2D eigenvalue weighted by Gasteiger charge is -2.07. The van der Waals surface area contributed by atoms with Crippen molar-refractivity contribution in [2.24, 2.45) is 0 Å². The average molecular weight is 282 g/mol. The van der Waals surface area contributed by atoms with Crippen LogP contribution in [0.25, 0.3) is 5.52 Å². The van der Waals surface area contributed by atoms with Gasteiger partial charge in [0.1, 0.15) is 0 Å². The third-order valence-corrected chi connectivity index (χ3v) is 3.22. The molecule has 1 atom stereocenters. The van der Waals surface area contributed by atoms with E-state index in [1.54, 1.807) is 54.3 Å². The van der Waals surface area contributed by atoms with Crippen LogP contribution in [0.3, 0.4) is 0 Å². The third kappa shape index (κ3) is 2.61. The first-order valence-corrected chi connectivity index (χ1v) is 6.52. The van der Waals surface area contributed by atoms with Gasteiger partial charge in [-0.25, -0.2) is 4.52 Å². The van der Waals surface area contributed by atoms with E-state index < -0.39 is 6.10 Å². The molecular weight excluding hydrogens is 268 g/mol. The van der Waals surface area contributed by atoms with Gasteiger partial charge in [0.05, 0.1) is 29.6 Å². The molecule has 0 aliphatic heterocycles. The van der Waals surface area contributed by atoms with Crippen molar-refractivity contribution in [3.63, 3.8) is 0 Å². The van der Waals surface area contributed by atoms with Gasteiger partial charge in [0, 0.05) is 18.1 Å². The summed E-state index contributed by atoms with van der Waals surface area (Å²) in [6, 6.07) is 7.06. The molecule has 0 radical (unpaired) electrons. The molecule has 1 aromatic carbocycles. The summed E-state index contributed by atoms with van der Waals surface area (Å²) in [5, 5.41) is 16.4. The average Bonchev–Trinajstić information content (AvgIpc) is 2.92. The monoisotopic (exact) mass is 282 g/mol. The topological polar surface area (TPSA) is 79.5 Å². The van der Waals surface area contributed by atoms with E-state index in [4.69, 9.17) is 0 Å². The lowest BCUT2D eigenvalue weighted by atomic mass is 10.1. The van der Waals surface area contributed by atoms with Crippen molar-refractivity contribution < 1.29 is 9.90 Å². The molecule has 0 fully saturated rings. The highest BCUT2D eigenvalue weighted by Gasteiger charge is 2.13. The van der Waals surface area contributed by atoms with Crippen LogP contribution >= 0.6 is 0 Å². The van der Waals surface area contributed by atoms with Crippen LogP contribution in [0.1, 0.15) is 28.9 Å². The van der Waals surface area contributed by atoms with Crippen molar-refractivity contribution in [2.45, 2.75) is 13.0 Å². The van der Waals surface area contributed by atoms with Crippen LogP contribution in [-0.2, 0) is 0 Å². The summed E-state index contributed by atoms with van der Waals surface area (Å²) in [5.74, 6) is -0.247. The van der Waals surface area contributed by atoms with Gasteiger partial charge in [-0.2, -0.15) is 5.10 Å². The summed E-state index contributed by atoms with van der Waals surface area (Å²) in [7, 11) is 0. The predicted molar refractivity (Wildman–Crippen MR) is 78.0 cm³/mol. The lowest BCUT2D eigenvalue weighted by Crippen LogP contribution is -2.11. The largest absolute Gasteiger partial charge is 0.389 e. The minimum atomic E-state index is -0.527. The van der Waals surface area contributed by atoms with Gasteiger partial charge in [-0.15, -0.1) is 0 Å². The van der Waals surface area contributed by atoms with Crippen LogP contribution in [0.2, 0.25) is 0 Å². The first-order valence-electron chi connectivity index (χ1n) is 6.52. The molecule has 0 aliphatic rings. The van der Waals surface area contributed by atoms with Gasteiger partial charge in [-0.3, -0.25) is 9.78 Å². The van der Waals surface area contributed by atoms with Gasteiger partial charge in [0.15, 0.2) is 0 Å². The highest BCUT2D eigenvalue weighted by molar-refractivity contribution is 6.08. The van der Waals surface area contributed by atoms with Gasteiger partial charge in [-0.1, -0.05) is 12.1 Å². The summed E-state index contributed by atoms with van der Waals surface area (Å²) in [4.78, 5) is 16.3. The van der Waals surface area contributed by atoms with Crippen LogP contribution in [0, 0.1) is 0 Å². The van der Waals surface area contributed by atoms with Gasteiger partial charge in [0.2, 0.25) is 0 Å². The second-order valence-electron chi connectivity index (χ2n) is 4.72. The number of rotatable bonds is 3. The number of hydrogen-bond donors (Lipinski definition) is 2. The molecule has 0 bridgehead atoms. The molecule has 2 heterocycles. The normalized spacial score (nSPS) is 12.3. The number of nitrogens with zero attached hydrogens (tertiary/aromatic N) is 3. The molecule has 0 saturated carbocycles. The van der Waals surface area contributed by atoms with Crippen molar-refractivity contribution >= 4 is 17.1 Å². The molecule has 0 saturated heterocycles. The zero-order valence-electron chi connectivity index (χ0n) is 11.4. The zero-order valence-corrected chi connectivity index (χ0v) is 11.4. The molecule has 21 heavy (non-hydrogen) atoms. The number of amides is 1. The van der Waals surface area contributed by atoms with Crippen LogP contribution in [0.5, 0.6) is 0 Å². The molecule has 0 spiro atoms. The predicted octanol–water partition coefficient (Wildman–Crippen LogP) is 2.03. The summed E-state index contributed by atoms with van der Waals surface area (Å²) in [6.45, 7) is 1.69. The van der Waals surface area contributed by atoms with Crippen molar-refractivity contribution in [1.82, 2.24) is 14.6 Å². The van der Waals surface area contributed by atoms with E-state index in [-0.39, 0.29) is 5.91 Å². The van der Waals surface area contributed by atoms with E-state index >= 15 is 0 Å². The van der Waals surface area contributed by atoms with E-state index in [9.17, 15) is 9.90 Å². The maximum atomic E-state index is 12.3. The minimum Gasteiger partial charge on any atom is -0.389 e. The van der Waals surface area contributed by atoms with Gasteiger partial charge >= 0.3 is 0 Å².